The second-order valence-electron chi connectivity index (χ2n) is 6.82. The van der Waals surface area contributed by atoms with Crippen LogP contribution in [-0.4, -0.2) is 29.3 Å². The number of rotatable bonds is 4. The summed E-state index contributed by atoms with van der Waals surface area (Å²) >= 11 is 0. The molecule has 2 aromatic rings. The molecule has 1 aliphatic rings. The van der Waals surface area contributed by atoms with Gasteiger partial charge in [-0.25, -0.2) is 9.18 Å². The lowest BCUT2D eigenvalue weighted by molar-refractivity contribution is -0.133. The topological polar surface area (TPSA) is 78.5 Å². The summed E-state index contributed by atoms with van der Waals surface area (Å²) < 4.78 is 13.6. The van der Waals surface area contributed by atoms with Crippen molar-refractivity contribution in [3.8, 4) is 0 Å². The summed E-state index contributed by atoms with van der Waals surface area (Å²) in [5.41, 5.74) is 1.14. The van der Waals surface area contributed by atoms with Crippen molar-refractivity contribution in [3.05, 3.63) is 65.0 Å². The largest absolute Gasteiger partial charge is 0.325 e. The molecule has 27 heavy (non-hydrogen) atoms. The van der Waals surface area contributed by atoms with E-state index >= 15 is 0 Å². The molecule has 7 heteroatoms. The van der Waals surface area contributed by atoms with Crippen molar-refractivity contribution in [1.29, 1.82) is 0 Å². The summed E-state index contributed by atoms with van der Waals surface area (Å²) in [6.45, 7) is 4.68. The number of carbonyl (C=O) groups excluding carboxylic acids is 3. The van der Waals surface area contributed by atoms with Crippen LogP contribution in [0.25, 0.3) is 0 Å². The van der Waals surface area contributed by atoms with Crippen LogP contribution >= 0.6 is 0 Å². The first-order valence-electron chi connectivity index (χ1n) is 8.48. The van der Waals surface area contributed by atoms with Gasteiger partial charge in [0.25, 0.3) is 5.91 Å². The molecule has 0 bridgehead atoms. The lowest BCUT2D eigenvalue weighted by Gasteiger charge is -2.22. The third-order valence-electron chi connectivity index (χ3n) is 4.66. The number of anilines is 1. The number of benzene rings is 2. The Morgan fingerprint density at radius 1 is 1.15 bits per heavy atom. The van der Waals surface area contributed by atoms with E-state index in [1.165, 1.54) is 12.1 Å². The zero-order chi connectivity index (χ0) is 19.8. The Labute approximate surface area is 156 Å². The Kier molecular flexibility index (Phi) is 4.70. The van der Waals surface area contributed by atoms with Gasteiger partial charge in [-0.1, -0.05) is 35.9 Å². The Balaban J connectivity index is 1.74. The highest BCUT2D eigenvalue weighted by Crippen LogP contribution is 2.29. The van der Waals surface area contributed by atoms with Gasteiger partial charge >= 0.3 is 6.03 Å². The number of hydrogen-bond donors (Lipinski definition) is 2. The smallest absolute Gasteiger partial charge is 0.324 e. The second-order valence-corrected chi connectivity index (χ2v) is 6.82. The van der Waals surface area contributed by atoms with E-state index in [-0.39, 0.29) is 5.69 Å². The van der Waals surface area contributed by atoms with E-state index in [2.05, 4.69) is 10.6 Å². The molecular weight excluding hydrogens is 349 g/mol. The van der Waals surface area contributed by atoms with E-state index in [4.69, 9.17) is 0 Å². The molecule has 4 amide bonds. The zero-order valence-electron chi connectivity index (χ0n) is 15.3. The van der Waals surface area contributed by atoms with Gasteiger partial charge in [-0.2, -0.15) is 0 Å². The highest BCUT2D eigenvalue weighted by atomic mass is 19.1. The van der Waals surface area contributed by atoms with Gasteiger partial charge in [0.2, 0.25) is 5.91 Å². The van der Waals surface area contributed by atoms with Crippen LogP contribution in [0.4, 0.5) is 14.9 Å². The minimum Gasteiger partial charge on any atom is -0.324 e. The van der Waals surface area contributed by atoms with Crippen molar-refractivity contribution in [2.24, 2.45) is 0 Å². The number of nitrogens with zero attached hydrogens (tertiary/aromatic N) is 1. The highest BCUT2D eigenvalue weighted by molar-refractivity contribution is 6.10. The average molecular weight is 369 g/mol. The minimum atomic E-state index is -1.24. The van der Waals surface area contributed by atoms with Crippen molar-refractivity contribution < 1.29 is 18.8 Å². The fourth-order valence-electron chi connectivity index (χ4n) is 2.94. The zero-order valence-corrected chi connectivity index (χ0v) is 15.3. The van der Waals surface area contributed by atoms with Crippen LogP contribution in [0.1, 0.15) is 23.6 Å². The van der Waals surface area contributed by atoms with Crippen LogP contribution < -0.4 is 10.6 Å². The Hall–Kier alpha value is -3.22. The fraction of sp³-hybridized carbons (Fsp3) is 0.250. The molecular formula is C20H20FN3O3. The maximum absolute atomic E-state index is 13.6. The lowest BCUT2D eigenvalue weighted by atomic mass is 9.91. The number of urea groups is 1. The van der Waals surface area contributed by atoms with Gasteiger partial charge in [0.05, 0.1) is 0 Å². The normalized spacial score (nSPS) is 19.2. The van der Waals surface area contributed by atoms with Crippen LogP contribution in [0.2, 0.25) is 0 Å². The summed E-state index contributed by atoms with van der Waals surface area (Å²) in [5.74, 6) is -1.55. The predicted molar refractivity (Wildman–Crippen MR) is 98.5 cm³/mol. The highest BCUT2D eigenvalue weighted by Gasteiger charge is 2.49. The summed E-state index contributed by atoms with van der Waals surface area (Å²) in [6, 6.07) is 10.9. The molecule has 140 valence electrons. The number of aryl methyl sites for hydroxylation is 2. The molecule has 0 aromatic heterocycles. The molecule has 6 nitrogen and oxygen atoms in total. The summed E-state index contributed by atoms with van der Waals surface area (Å²) in [6.07, 6.45) is 0. The first-order valence-corrected chi connectivity index (χ1v) is 8.48. The van der Waals surface area contributed by atoms with Crippen LogP contribution in [0.15, 0.2) is 42.5 Å². The van der Waals surface area contributed by atoms with Gasteiger partial charge in [-0.05, 0) is 44.0 Å². The molecule has 1 fully saturated rings. The molecule has 2 N–H and O–H groups in total. The molecule has 3 rings (SSSR count). The molecule has 0 saturated carbocycles. The first kappa shape index (κ1) is 18.6. The van der Waals surface area contributed by atoms with Gasteiger partial charge in [0, 0.05) is 5.69 Å². The van der Waals surface area contributed by atoms with E-state index in [1.54, 1.807) is 32.0 Å². The van der Waals surface area contributed by atoms with Crippen molar-refractivity contribution in [2.75, 3.05) is 11.9 Å². The number of nitrogens with one attached hydrogen (secondary N) is 2. The Bertz CT molecular complexity index is 927. The second kappa shape index (κ2) is 6.83. The maximum Gasteiger partial charge on any atom is 0.325 e. The van der Waals surface area contributed by atoms with Crippen molar-refractivity contribution in [1.82, 2.24) is 10.2 Å². The van der Waals surface area contributed by atoms with Gasteiger partial charge in [-0.15, -0.1) is 0 Å². The molecule has 1 atom stereocenters. The van der Waals surface area contributed by atoms with E-state index in [9.17, 15) is 18.8 Å². The van der Waals surface area contributed by atoms with Crippen molar-refractivity contribution >= 4 is 23.5 Å². The van der Waals surface area contributed by atoms with Crippen molar-refractivity contribution in [2.45, 2.75) is 26.3 Å². The van der Waals surface area contributed by atoms with E-state index < -0.39 is 35.7 Å². The summed E-state index contributed by atoms with van der Waals surface area (Å²) in [5, 5.41) is 5.15. The molecule has 2 aromatic carbocycles. The standard InChI is InChI=1S/C20H20FN3O3/c1-12-4-7-14(8-5-12)20(3)18(26)24(19(27)23-20)11-17(25)22-15-9-6-13(2)16(21)10-15/h4-10H,11H2,1-3H3,(H,22,25)(H,23,27)/t20-/m1/s1. The molecule has 0 spiro atoms. The van der Waals surface area contributed by atoms with Crippen molar-refractivity contribution in [3.63, 3.8) is 0 Å². The molecule has 0 radical (unpaired) electrons. The van der Waals surface area contributed by atoms with Gasteiger partial charge in [0.15, 0.2) is 0 Å². The first-order chi connectivity index (χ1) is 12.7. The summed E-state index contributed by atoms with van der Waals surface area (Å²) in [7, 11) is 0. The number of imide groups is 1. The third-order valence-corrected chi connectivity index (χ3v) is 4.66. The minimum absolute atomic E-state index is 0.261. The Morgan fingerprint density at radius 3 is 2.44 bits per heavy atom. The SMILES string of the molecule is Cc1ccc([C@@]2(C)NC(=O)N(CC(=O)Nc3ccc(C)c(F)c3)C2=O)cc1. The van der Waals surface area contributed by atoms with E-state index in [1.807, 2.05) is 19.1 Å². The third kappa shape index (κ3) is 3.53. The monoisotopic (exact) mass is 369 g/mol. The molecule has 0 aliphatic carbocycles. The summed E-state index contributed by atoms with van der Waals surface area (Å²) in [4.78, 5) is 38.2. The molecule has 0 unspecified atom stereocenters. The molecule has 1 aliphatic heterocycles. The quantitative estimate of drug-likeness (QED) is 0.814. The lowest BCUT2D eigenvalue weighted by Crippen LogP contribution is -2.42. The number of carbonyl (C=O) groups is 3. The van der Waals surface area contributed by atoms with Crippen LogP contribution in [0.3, 0.4) is 0 Å². The van der Waals surface area contributed by atoms with Crippen LogP contribution in [0.5, 0.6) is 0 Å². The molecule has 1 heterocycles. The Morgan fingerprint density at radius 2 is 1.81 bits per heavy atom. The van der Waals surface area contributed by atoms with Crippen LogP contribution in [-0.2, 0) is 15.1 Å². The van der Waals surface area contributed by atoms with E-state index in [0.29, 0.717) is 11.1 Å². The van der Waals surface area contributed by atoms with E-state index in [0.717, 1.165) is 10.5 Å². The maximum atomic E-state index is 13.6. The van der Waals surface area contributed by atoms with Gasteiger partial charge in [0.1, 0.15) is 17.9 Å². The van der Waals surface area contributed by atoms with Gasteiger partial charge < -0.3 is 10.6 Å². The predicted octanol–water partition coefficient (Wildman–Crippen LogP) is 2.85. The number of hydrogen-bond acceptors (Lipinski definition) is 3. The number of halogens is 1. The average Bonchev–Trinajstić information content (AvgIpc) is 2.83. The fourth-order valence-corrected chi connectivity index (χ4v) is 2.94. The van der Waals surface area contributed by atoms with Gasteiger partial charge in [-0.3, -0.25) is 14.5 Å². The molecule has 1 saturated heterocycles. The van der Waals surface area contributed by atoms with Crippen LogP contribution in [0, 0.1) is 19.7 Å². The number of amides is 4.